The van der Waals surface area contributed by atoms with Crippen molar-refractivity contribution in [1.29, 1.82) is 0 Å². The molecule has 15 nitrogen and oxygen atoms in total. The monoisotopic (exact) mass is 720 g/mol. The number of ether oxygens (including phenoxy) is 2. The molecule has 0 bridgehead atoms. The van der Waals surface area contributed by atoms with Crippen LogP contribution in [0.2, 0.25) is 0 Å². The van der Waals surface area contributed by atoms with Crippen LogP contribution in [-0.4, -0.2) is 77.3 Å². The van der Waals surface area contributed by atoms with Crippen molar-refractivity contribution >= 4 is 50.3 Å². The SMILES string of the molecule is COc1cc(=O)c2c(=O)c3c(c(=O)c=2c1=O)=C(O)[C@]1(CCc2c1c(O)c1c(=O)[nH]c(C=NNC(=O)CN4CCOCC4)cc1c2Br)C=3O. The van der Waals surface area contributed by atoms with E-state index >= 15 is 0 Å². The van der Waals surface area contributed by atoms with Crippen LogP contribution in [0.4, 0.5) is 0 Å². The number of phenols is 1. The summed E-state index contributed by atoms with van der Waals surface area (Å²) in [6, 6.07) is 2.27. The maximum absolute atomic E-state index is 13.7. The highest BCUT2D eigenvalue weighted by molar-refractivity contribution is 9.10. The fourth-order valence-corrected chi connectivity index (χ4v) is 7.76. The molecule has 5 aliphatic rings. The number of fused-ring (bicyclic) bond motifs is 4. The van der Waals surface area contributed by atoms with Crippen LogP contribution in [0.3, 0.4) is 0 Å². The number of nitrogens with one attached hydrogen (secondary N) is 2. The zero-order chi connectivity index (χ0) is 34.2. The van der Waals surface area contributed by atoms with Crippen molar-refractivity contribution in [3.8, 4) is 11.5 Å². The summed E-state index contributed by atoms with van der Waals surface area (Å²) in [4.78, 5) is 83.3. The lowest BCUT2D eigenvalue weighted by Crippen LogP contribution is -2.51. The van der Waals surface area contributed by atoms with E-state index in [9.17, 15) is 44.1 Å². The van der Waals surface area contributed by atoms with Crippen LogP contribution < -0.4 is 47.9 Å². The van der Waals surface area contributed by atoms with Crippen LogP contribution in [0.25, 0.3) is 22.3 Å². The number of aliphatic hydroxyl groups is 2. The second-order valence-electron chi connectivity index (χ2n) is 11.7. The Labute approximate surface area is 275 Å². The third-order valence-electron chi connectivity index (χ3n) is 9.24. The number of rotatable bonds is 5. The minimum atomic E-state index is -2.04. The lowest BCUT2D eigenvalue weighted by molar-refractivity contribution is -0.123. The molecule has 0 radical (unpaired) electrons. The number of hydrogen-bond acceptors (Lipinski definition) is 13. The predicted octanol–water partition coefficient (Wildman–Crippen LogP) is -1.94. The van der Waals surface area contributed by atoms with Gasteiger partial charge in [-0.2, -0.15) is 5.10 Å². The van der Waals surface area contributed by atoms with Gasteiger partial charge in [-0.1, -0.05) is 0 Å². The molecule has 1 saturated heterocycles. The molecule has 1 spiro atoms. The van der Waals surface area contributed by atoms with Crippen molar-refractivity contribution < 1.29 is 29.6 Å². The zero-order valence-corrected chi connectivity index (χ0v) is 26.6. The number of methoxy groups -OCH3 is 1. The van der Waals surface area contributed by atoms with Crippen LogP contribution in [-0.2, 0) is 21.4 Å². The second-order valence-corrected chi connectivity index (χ2v) is 12.5. The first-order valence-electron chi connectivity index (χ1n) is 14.7. The van der Waals surface area contributed by atoms with Gasteiger partial charge in [0.25, 0.3) is 11.5 Å². The molecule has 1 fully saturated rings. The molecule has 1 atom stereocenters. The molecule has 5 N–H and O–H groups in total. The van der Waals surface area contributed by atoms with Crippen molar-refractivity contribution in [3.63, 3.8) is 0 Å². The van der Waals surface area contributed by atoms with Gasteiger partial charge in [0.15, 0.2) is 11.2 Å². The fraction of sp³-hybridized carbons (Fsp3) is 0.281. The van der Waals surface area contributed by atoms with Crippen LogP contribution in [0.1, 0.15) is 23.2 Å². The van der Waals surface area contributed by atoms with Crippen molar-refractivity contribution in [2.75, 3.05) is 40.0 Å². The summed E-state index contributed by atoms with van der Waals surface area (Å²) < 4.78 is 10.5. The number of carbonyl (C=O) groups is 1. The molecule has 4 aliphatic carbocycles. The average Bonchev–Trinajstić information content (AvgIpc) is 3.57. The van der Waals surface area contributed by atoms with Gasteiger partial charge in [0.2, 0.25) is 16.3 Å². The quantitative estimate of drug-likeness (QED) is 0.112. The highest BCUT2D eigenvalue weighted by atomic mass is 79.9. The number of pyridine rings is 1. The summed E-state index contributed by atoms with van der Waals surface area (Å²) in [5, 5.41) is 36.0. The molecule has 246 valence electrons. The normalized spacial score (nSPS) is 19.1. The van der Waals surface area contributed by atoms with Gasteiger partial charge in [-0.15, -0.1) is 0 Å². The first kappa shape index (κ1) is 31.4. The maximum Gasteiger partial charge on any atom is 0.260 e. The molecule has 2 aromatic rings. The molecule has 0 unspecified atom stereocenters. The second kappa shape index (κ2) is 11.2. The Hall–Kier alpha value is -5.19. The average molecular weight is 721 g/mol. The van der Waals surface area contributed by atoms with Crippen molar-refractivity contribution in [2.24, 2.45) is 5.10 Å². The van der Waals surface area contributed by atoms with E-state index in [-0.39, 0.29) is 47.3 Å². The number of phenolic OH excluding ortho intramolecular Hbond substituents is 1. The standard InChI is InChI=1S/C32H25BrN4O11/c1-47-16-9-15(38)19-20(25(16)40)27(42)22-21(26(19)41)29(44)32(30(22)45)3-2-13-23(32)28(43)18-14(24(13)33)8-12(35-31(18)46)10-34-36-17(39)11-37-4-6-48-7-5-37/h8-10,43-45H,2-7,11H2,1H3,(H,35,46)(H,36,39)/t32-/m0/s1. The van der Waals surface area contributed by atoms with Gasteiger partial charge >= 0.3 is 0 Å². The van der Waals surface area contributed by atoms with E-state index in [4.69, 9.17) is 9.47 Å². The topological polar surface area (TPSA) is 225 Å². The molecule has 1 aliphatic heterocycles. The van der Waals surface area contributed by atoms with Crippen LogP contribution in [0, 0.1) is 10.4 Å². The van der Waals surface area contributed by atoms with Gasteiger partial charge in [-0.3, -0.25) is 33.7 Å². The Kier molecular flexibility index (Phi) is 7.34. The van der Waals surface area contributed by atoms with E-state index in [0.29, 0.717) is 36.3 Å². The molecular weight excluding hydrogens is 696 g/mol. The number of benzene rings is 1. The zero-order valence-electron chi connectivity index (χ0n) is 25.1. The van der Waals surface area contributed by atoms with Crippen LogP contribution >= 0.6 is 15.9 Å². The third-order valence-corrected chi connectivity index (χ3v) is 10.1. The molecular formula is C32H25BrN4O11. The van der Waals surface area contributed by atoms with Gasteiger partial charge < -0.3 is 29.8 Å². The summed E-state index contributed by atoms with van der Waals surface area (Å²) in [6.45, 7) is 2.39. The molecule has 16 heteroatoms. The Balaban J connectivity index is 1.37. The number of halogens is 1. The Morgan fingerprint density at radius 1 is 1.04 bits per heavy atom. The van der Waals surface area contributed by atoms with Gasteiger partial charge in [0, 0.05) is 34.6 Å². The molecule has 7 rings (SSSR count). The Morgan fingerprint density at radius 3 is 2.38 bits per heavy atom. The van der Waals surface area contributed by atoms with Gasteiger partial charge in [0.05, 0.1) is 65.0 Å². The van der Waals surface area contributed by atoms with E-state index in [1.165, 1.54) is 12.3 Å². The number of aliphatic hydroxyl groups excluding tert-OH is 2. The van der Waals surface area contributed by atoms with Crippen molar-refractivity contribution in [2.45, 2.75) is 18.3 Å². The Morgan fingerprint density at radius 2 is 1.71 bits per heavy atom. The van der Waals surface area contributed by atoms with Crippen molar-refractivity contribution in [3.05, 3.63) is 106 Å². The largest absolute Gasteiger partial charge is 0.510 e. The number of carbonyl (C=O) groups excluding carboxylic acids is 1. The highest BCUT2D eigenvalue weighted by Gasteiger charge is 2.53. The number of nitrogens with zero attached hydrogens (tertiary/aromatic N) is 2. The van der Waals surface area contributed by atoms with E-state index < -0.39 is 76.6 Å². The summed E-state index contributed by atoms with van der Waals surface area (Å²) in [5.74, 6) is -3.06. The van der Waals surface area contributed by atoms with Crippen molar-refractivity contribution in [1.82, 2.24) is 15.3 Å². The first-order valence-corrected chi connectivity index (χ1v) is 15.5. The van der Waals surface area contributed by atoms with Gasteiger partial charge in [-0.05, 0) is 40.4 Å². The number of aromatic amines is 1. The number of aromatic hydroxyl groups is 1. The lowest BCUT2D eigenvalue weighted by atomic mass is 9.78. The number of amides is 1. The molecule has 1 aromatic heterocycles. The third kappa shape index (κ3) is 4.29. The minimum Gasteiger partial charge on any atom is -0.510 e. The molecule has 0 saturated carbocycles. The van der Waals surface area contributed by atoms with Gasteiger partial charge in [-0.25, -0.2) is 5.43 Å². The number of H-pyrrole nitrogens is 1. The predicted molar refractivity (Wildman–Crippen MR) is 174 cm³/mol. The highest BCUT2D eigenvalue weighted by Crippen LogP contribution is 2.56. The number of aromatic nitrogens is 1. The van der Waals surface area contributed by atoms with E-state index in [1.807, 2.05) is 4.90 Å². The van der Waals surface area contributed by atoms with Gasteiger partial charge in [0.1, 0.15) is 22.7 Å². The summed E-state index contributed by atoms with van der Waals surface area (Å²) in [6.07, 6.45) is 1.17. The van der Waals surface area contributed by atoms with Crippen LogP contribution in [0.15, 0.2) is 45.7 Å². The lowest BCUT2D eigenvalue weighted by Gasteiger charge is -2.27. The summed E-state index contributed by atoms with van der Waals surface area (Å²) in [7, 11) is 1.11. The molecule has 2 heterocycles. The number of hydrogen-bond donors (Lipinski definition) is 5. The molecule has 1 aromatic carbocycles. The summed E-state index contributed by atoms with van der Waals surface area (Å²) >= 11 is 3.49. The molecule has 48 heavy (non-hydrogen) atoms. The van der Waals surface area contributed by atoms with E-state index in [2.05, 4.69) is 31.4 Å². The summed E-state index contributed by atoms with van der Waals surface area (Å²) in [5.41, 5.74) is -4.32. The molecule has 1 amide bonds. The Bertz CT molecular complexity index is 2620. The van der Waals surface area contributed by atoms with E-state index in [1.54, 1.807) is 0 Å². The number of hydrazone groups is 1. The maximum atomic E-state index is 13.7. The smallest absolute Gasteiger partial charge is 0.260 e. The minimum absolute atomic E-state index is 0.0880. The van der Waals surface area contributed by atoms with E-state index in [0.717, 1.165) is 13.2 Å². The number of morpholine rings is 1. The van der Waals surface area contributed by atoms with Crippen LogP contribution in [0.5, 0.6) is 11.5 Å². The first-order chi connectivity index (χ1) is 22.9. The fourth-order valence-electron chi connectivity index (χ4n) is 7.05.